The molecule has 0 bridgehead atoms. The molecule has 0 aliphatic heterocycles. The molecule has 1 fully saturated rings. The molecule has 0 spiro atoms. The minimum Gasteiger partial charge on any atom is -0.496 e. The molecule has 5 heteroatoms. The Kier molecular flexibility index (Phi) is 3.56. The molecule has 1 aromatic carbocycles. The number of carbonyl (C=O) groups excluding carboxylic acids is 1. The summed E-state index contributed by atoms with van der Waals surface area (Å²) in [6.45, 7) is 0.429. The van der Waals surface area contributed by atoms with E-state index in [2.05, 4.69) is 5.32 Å². The number of nitrogens with zero attached hydrogens (tertiary/aromatic N) is 1. The van der Waals surface area contributed by atoms with Gasteiger partial charge in [-0.3, -0.25) is 4.79 Å². The van der Waals surface area contributed by atoms with Crippen LogP contribution in [0.5, 0.6) is 5.75 Å². The summed E-state index contributed by atoms with van der Waals surface area (Å²) in [7, 11) is 1.62. The molecule has 0 atom stereocenters. The van der Waals surface area contributed by atoms with Gasteiger partial charge in [0, 0.05) is 24.3 Å². The Morgan fingerprint density at radius 1 is 1.43 bits per heavy atom. The highest BCUT2D eigenvalue weighted by Gasteiger charge is 2.27. The number of aromatic nitrogens is 1. The van der Waals surface area contributed by atoms with Crippen molar-refractivity contribution in [3.63, 3.8) is 0 Å². The van der Waals surface area contributed by atoms with E-state index in [1.807, 2.05) is 35.0 Å². The standard InChI is InChI=1S/C16H19N3O2/c1-21-15-5-3-2-4-11(15)9-18-16(20)14-8-12(17)10-19(14)13-6-7-13/h2-5,8,10,13H,6-7,9,17H2,1H3,(H,18,20). The molecule has 1 amide bonds. The van der Waals surface area contributed by atoms with Crippen molar-refractivity contribution in [3.8, 4) is 5.75 Å². The van der Waals surface area contributed by atoms with Crippen molar-refractivity contribution in [2.75, 3.05) is 12.8 Å². The molecule has 1 aliphatic rings. The Hall–Kier alpha value is -2.43. The monoisotopic (exact) mass is 285 g/mol. The summed E-state index contributed by atoms with van der Waals surface area (Å²) in [6.07, 6.45) is 4.07. The zero-order valence-electron chi connectivity index (χ0n) is 12.0. The molecule has 1 heterocycles. The van der Waals surface area contributed by atoms with E-state index in [0.29, 0.717) is 24.0 Å². The second-order valence-electron chi connectivity index (χ2n) is 5.29. The van der Waals surface area contributed by atoms with E-state index in [9.17, 15) is 4.79 Å². The first-order chi connectivity index (χ1) is 10.2. The van der Waals surface area contributed by atoms with Crippen LogP contribution in [0.25, 0.3) is 0 Å². The number of benzene rings is 1. The van der Waals surface area contributed by atoms with Crippen LogP contribution in [0, 0.1) is 0 Å². The average molecular weight is 285 g/mol. The van der Waals surface area contributed by atoms with E-state index in [-0.39, 0.29) is 5.91 Å². The van der Waals surface area contributed by atoms with Crippen LogP contribution in [0.2, 0.25) is 0 Å². The number of nitrogens with two attached hydrogens (primary N) is 1. The highest BCUT2D eigenvalue weighted by Crippen LogP contribution is 2.37. The SMILES string of the molecule is COc1ccccc1CNC(=O)c1cc(N)cn1C1CC1. The fourth-order valence-electron chi connectivity index (χ4n) is 2.45. The molecular weight excluding hydrogens is 266 g/mol. The second-order valence-corrected chi connectivity index (χ2v) is 5.29. The summed E-state index contributed by atoms with van der Waals surface area (Å²) in [6, 6.07) is 9.81. The molecule has 110 valence electrons. The van der Waals surface area contributed by atoms with Gasteiger partial charge in [0.05, 0.1) is 12.8 Å². The Balaban J connectivity index is 1.72. The smallest absolute Gasteiger partial charge is 0.268 e. The van der Waals surface area contributed by atoms with Gasteiger partial charge in [-0.15, -0.1) is 0 Å². The normalized spacial score (nSPS) is 14.0. The Bertz CT molecular complexity index is 659. The summed E-state index contributed by atoms with van der Waals surface area (Å²) in [5.41, 5.74) is 8.02. The Labute approximate surface area is 123 Å². The number of ether oxygens (including phenoxy) is 1. The van der Waals surface area contributed by atoms with Crippen LogP contribution in [0.4, 0.5) is 5.69 Å². The molecule has 5 nitrogen and oxygen atoms in total. The zero-order valence-corrected chi connectivity index (χ0v) is 12.0. The van der Waals surface area contributed by atoms with Gasteiger partial charge in [-0.1, -0.05) is 18.2 Å². The molecule has 0 saturated heterocycles. The highest BCUT2D eigenvalue weighted by atomic mass is 16.5. The number of hydrogen-bond donors (Lipinski definition) is 2. The maximum Gasteiger partial charge on any atom is 0.268 e. The van der Waals surface area contributed by atoms with Gasteiger partial charge in [0.15, 0.2) is 0 Å². The van der Waals surface area contributed by atoms with Gasteiger partial charge in [0.1, 0.15) is 11.4 Å². The second kappa shape index (κ2) is 5.52. The molecule has 3 rings (SSSR count). The number of carbonyl (C=O) groups is 1. The van der Waals surface area contributed by atoms with E-state index in [1.165, 1.54) is 0 Å². The average Bonchev–Trinajstić information content (AvgIpc) is 3.27. The maximum atomic E-state index is 12.4. The van der Waals surface area contributed by atoms with Crippen molar-refractivity contribution in [2.45, 2.75) is 25.4 Å². The first-order valence-corrected chi connectivity index (χ1v) is 7.06. The topological polar surface area (TPSA) is 69.3 Å². The first kappa shape index (κ1) is 13.5. The number of para-hydroxylation sites is 1. The lowest BCUT2D eigenvalue weighted by molar-refractivity contribution is 0.0941. The summed E-state index contributed by atoms with van der Waals surface area (Å²) < 4.78 is 7.26. The third kappa shape index (κ3) is 2.86. The lowest BCUT2D eigenvalue weighted by atomic mass is 10.2. The van der Waals surface area contributed by atoms with Crippen molar-refractivity contribution in [1.82, 2.24) is 9.88 Å². The molecule has 1 saturated carbocycles. The zero-order chi connectivity index (χ0) is 14.8. The molecular formula is C16H19N3O2. The number of nitrogens with one attached hydrogen (secondary N) is 1. The molecule has 1 aromatic heterocycles. The number of hydrogen-bond acceptors (Lipinski definition) is 3. The predicted octanol–water partition coefficient (Wildman–Crippen LogP) is 2.34. The predicted molar refractivity (Wildman–Crippen MR) is 81.3 cm³/mol. The van der Waals surface area contributed by atoms with Crippen molar-refractivity contribution in [3.05, 3.63) is 47.8 Å². The summed E-state index contributed by atoms with van der Waals surface area (Å²) in [5, 5.41) is 2.93. The highest BCUT2D eigenvalue weighted by molar-refractivity contribution is 5.93. The van der Waals surface area contributed by atoms with Crippen molar-refractivity contribution in [1.29, 1.82) is 0 Å². The van der Waals surface area contributed by atoms with E-state index < -0.39 is 0 Å². The van der Waals surface area contributed by atoms with Gasteiger partial charge in [0.2, 0.25) is 0 Å². The van der Waals surface area contributed by atoms with Crippen LogP contribution in [0.1, 0.15) is 34.9 Å². The van der Waals surface area contributed by atoms with Crippen molar-refractivity contribution < 1.29 is 9.53 Å². The fourth-order valence-corrected chi connectivity index (χ4v) is 2.45. The number of nitrogen functional groups attached to an aromatic ring is 1. The molecule has 3 N–H and O–H groups in total. The molecule has 0 radical (unpaired) electrons. The van der Waals surface area contributed by atoms with Crippen LogP contribution in [-0.2, 0) is 6.54 Å². The molecule has 1 aliphatic carbocycles. The van der Waals surface area contributed by atoms with Crippen LogP contribution >= 0.6 is 0 Å². The lowest BCUT2D eigenvalue weighted by Gasteiger charge is -2.11. The van der Waals surface area contributed by atoms with Crippen molar-refractivity contribution in [2.24, 2.45) is 0 Å². The van der Waals surface area contributed by atoms with E-state index in [1.54, 1.807) is 13.2 Å². The number of rotatable bonds is 5. The van der Waals surface area contributed by atoms with Gasteiger partial charge in [-0.05, 0) is 25.0 Å². The van der Waals surface area contributed by atoms with E-state index in [0.717, 1.165) is 24.2 Å². The van der Waals surface area contributed by atoms with Gasteiger partial charge in [0.25, 0.3) is 5.91 Å². The van der Waals surface area contributed by atoms with Gasteiger partial charge in [-0.2, -0.15) is 0 Å². The quantitative estimate of drug-likeness (QED) is 0.886. The largest absolute Gasteiger partial charge is 0.496 e. The molecule has 0 unspecified atom stereocenters. The number of anilines is 1. The fraction of sp³-hybridized carbons (Fsp3) is 0.312. The van der Waals surface area contributed by atoms with E-state index >= 15 is 0 Å². The minimum atomic E-state index is -0.107. The minimum absolute atomic E-state index is 0.107. The van der Waals surface area contributed by atoms with Crippen molar-refractivity contribution >= 4 is 11.6 Å². The first-order valence-electron chi connectivity index (χ1n) is 7.06. The van der Waals surface area contributed by atoms with E-state index in [4.69, 9.17) is 10.5 Å². The summed E-state index contributed by atoms with van der Waals surface area (Å²) in [4.78, 5) is 12.4. The number of methoxy groups -OCH3 is 1. The van der Waals surface area contributed by atoms with Crippen LogP contribution in [-0.4, -0.2) is 17.6 Å². The van der Waals surface area contributed by atoms with Gasteiger partial charge >= 0.3 is 0 Å². The number of amides is 1. The molecule has 21 heavy (non-hydrogen) atoms. The summed E-state index contributed by atoms with van der Waals surface area (Å²) in [5.74, 6) is 0.666. The van der Waals surface area contributed by atoms with Crippen LogP contribution in [0.15, 0.2) is 36.5 Å². The Morgan fingerprint density at radius 3 is 2.90 bits per heavy atom. The van der Waals surface area contributed by atoms with Crippen LogP contribution < -0.4 is 15.8 Å². The van der Waals surface area contributed by atoms with Gasteiger partial charge < -0.3 is 20.4 Å². The maximum absolute atomic E-state index is 12.4. The van der Waals surface area contributed by atoms with Gasteiger partial charge in [-0.25, -0.2) is 0 Å². The third-order valence-electron chi connectivity index (χ3n) is 3.67. The Morgan fingerprint density at radius 2 is 2.19 bits per heavy atom. The third-order valence-corrected chi connectivity index (χ3v) is 3.67. The summed E-state index contributed by atoms with van der Waals surface area (Å²) >= 11 is 0. The molecule has 2 aromatic rings. The lowest BCUT2D eigenvalue weighted by Crippen LogP contribution is -2.25. The van der Waals surface area contributed by atoms with Crippen LogP contribution in [0.3, 0.4) is 0 Å².